The molecule has 4 rings (SSSR count). The van der Waals surface area contributed by atoms with Crippen molar-refractivity contribution in [2.24, 2.45) is 29.1 Å². The number of carbonyl (C=O) groups excluding carboxylic acids is 1. The Kier molecular flexibility index (Phi) is 3.12. The molecule has 0 heterocycles. The Morgan fingerprint density at radius 2 is 2.05 bits per heavy atom. The summed E-state index contributed by atoms with van der Waals surface area (Å²) in [7, 11) is 0. The fourth-order valence-electron chi connectivity index (χ4n) is 5.54. The van der Waals surface area contributed by atoms with E-state index in [0.29, 0.717) is 17.8 Å². The SMILES string of the molecule is C[C@]12CC[C@H]3[C@@H](CCC4=C(O)C(=O)C=C[C@@H]43)[C@@H]1C=CC[C@@H]2O. The molecule has 0 aromatic heterocycles. The van der Waals surface area contributed by atoms with Crippen molar-refractivity contribution >= 4 is 5.78 Å². The third-order valence-electron chi connectivity index (χ3n) is 6.86. The van der Waals surface area contributed by atoms with Crippen LogP contribution in [0.15, 0.2) is 35.6 Å². The van der Waals surface area contributed by atoms with E-state index in [2.05, 4.69) is 19.1 Å². The van der Waals surface area contributed by atoms with Crippen molar-refractivity contribution in [2.75, 3.05) is 0 Å². The largest absolute Gasteiger partial charge is 0.504 e. The van der Waals surface area contributed by atoms with Crippen molar-refractivity contribution < 1.29 is 15.0 Å². The molecule has 4 aliphatic carbocycles. The lowest BCUT2D eigenvalue weighted by molar-refractivity contribution is -0.114. The molecule has 0 bridgehead atoms. The highest BCUT2D eigenvalue weighted by molar-refractivity contribution is 6.03. The zero-order valence-electron chi connectivity index (χ0n) is 13.0. The molecule has 0 unspecified atom stereocenters. The van der Waals surface area contributed by atoms with E-state index in [-0.39, 0.29) is 29.0 Å². The van der Waals surface area contributed by atoms with Gasteiger partial charge in [-0.05, 0) is 61.5 Å². The zero-order valence-corrected chi connectivity index (χ0v) is 13.0. The first-order valence-electron chi connectivity index (χ1n) is 8.51. The Balaban J connectivity index is 1.69. The van der Waals surface area contributed by atoms with Gasteiger partial charge in [0.25, 0.3) is 0 Å². The number of aliphatic hydroxyl groups excluding tert-OH is 2. The first-order valence-corrected chi connectivity index (χ1v) is 8.51. The smallest absolute Gasteiger partial charge is 0.219 e. The van der Waals surface area contributed by atoms with Crippen LogP contribution in [-0.2, 0) is 4.79 Å². The third kappa shape index (κ3) is 1.81. The lowest BCUT2D eigenvalue weighted by atomic mass is 9.49. The van der Waals surface area contributed by atoms with Crippen molar-refractivity contribution in [1.82, 2.24) is 0 Å². The highest BCUT2D eigenvalue weighted by Gasteiger charge is 2.53. The summed E-state index contributed by atoms with van der Waals surface area (Å²) in [6, 6.07) is 0. The van der Waals surface area contributed by atoms with Gasteiger partial charge in [-0.15, -0.1) is 0 Å². The van der Waals surface area contributed by atoms with Gasteiger partial charge < -0.3 is 10.2 Å². The summed E-state index contributed by atoms with van der Waals surface area (Å²) in [5, 5.41) is 20.6. The summed E-state index contributed by atoms with van der Waals surface area (Å²) < 4.78 is 0. The molecule has 0 aromatic rings. The maximum atomic E-state index is 11.7. The minimum Gasteiger partial charge on any atom is -0.504 e. The Bertz CT molecular complexity index is 600. The standard InChI is InChI=1S/C19H24O3/c1-19-10-9-12-11-7-8-16(20)18(22)14(11)6-5-13(12)15(19)3-2-4-17(19)21/h2-3,7-8,11-13,15,17,21-22H,4-6,9-10H2,1H3/t11-,12-,13-,15+,17+,19+/m1/s1. The quantitative estimate of drug-likeness (QED) is 0.675. The van der Waals surface area contributed by atoms with Crippen molar-refractivity contribution in [3.05, 3.63) is 35.6 Å². The fourth-order valence-corrected chi connectivity index (χ4v) is 5.54. The molecule has 0 amide bonds. The van der Waals surface area contributed by atoms with E-state index in [0.717, 1.165) is 37.7 Å². The summed E-state index contributed by atoms with van der Waals surface area (Å²) in [5.41, 5.74) is 0.950. The summed E-state index contributed by atoms with van der Waals surface area (Å²) >= 11 is 0. The van der Waals surface area contributed by atoms with Gasteiger partial charge in [0.15, 0.2) is 5.76 Å². The van der Waals surface area contributed by atoms with E-state index < -0.39 is 0 Å². The van der Waals surface area contributed by atoms with E-state index in [1.54, 1.807) is 6.08 Å². The van der Waals surface area contributed by atoms with Crippen molar-refractivity contribution in [1.29, 1.82) is 0 Å². The van der Waals surface area contributed by atoms with Crippen LogP contribution in [0.4, 0.5) is 0 Å². The Hall–Kier alpha value is -1.35. The number of rotatable bonds is 0. The molecule has 6 atom stereocenters. The van der Waals surface area contributed by atoms with Gasteiger partial charge in [-0.25, -0.2) is 0 Å². The topological polar surface area (TPSA) is 57.5 Å². The maximum Gasteiger partial charge on any atom is 0.219 e. The number of fused-ring (bicyclic) bond motifs is 5. The second-order valence-corrected chi connectivity index (χ2v) is 7.74. The van der Waals surface area contributed by atoms with Crippen LogP contribution >= 0.6 is 0 Å². The molecule has 0 radical (unpaired) electrons. The summed E-state index contributed by atoms with van der Waals surface area (Å²) in [6.45, 7) is 2.24. The molecule has 0 saturated heterocycles. The fraction of sp³-hybridized carbons (Fsp3) is 0.632. The van der Waals surface area contributed by atoms with Crippen molar-refractivity contribution in [3.63, 3.8) is 0 Å². The van der Waals surface area contributed by atoms with Gasteiger partial charge in [-0.2, -0.15) is 0 Å². The van der Waals surface area contributed by atoms with E-state index in [1.807, 2.05) is 6.08 Å². The van der Waals surface area contributed by atoms with Gasteiger partial charge in [-0.3, -0.25) is 4.79 Å². The third-order valence-corrected chi connectivity index (χ3v) is 6.86. The average Bonchev–Trinajstić information content (AvgIpc) is 2.51. The van der Waals surface area contributed by atoms with Crippen molar-refractivity contribution in [3.8, 4) is 0 Å². The van der Waals surface area contributed by atoms with Crippen LogP contribution in [0, 0.1) is 29.1 Å². The molecule has 2 fully saturated rings. The van der Waals surface area contributed by atoms with E-state index in [9.17, 15) is 15.0 Å². The van der Waals surface area contributed by atoms with Gasteiger partial charge in [-0.1, -0.05) is 25.2 Å². The first-order chi connectivity index (χ1) is 10.5. The van der Waals surface area contributed by atoms with Gasteiger partial charge in [0.2, 0.25) is 5.78 Å². The van der Waals surface area contributed by atoms with Crippen LogP contribution < -0.4 is 0 Å². The number of allylic oxidation sites excluding steroid dienone is 4. The average molecular weight is 300 g/mol. The van der Waals surface area contributed by atoms with Gasteiger partial charge in [0.05, 0.1) is 6.10 Å². The van der Waals surface area contributed by atoms with Crippen LogP contribution in [0.25, 0.3) is 0 Å². The molecule has 0 spiro atoms. The van der Waals surface area contributed by atoms with Crippen molar-refractivity contribution in [2.45, 2.75) is 45.1 Å². The van der Waals surface area contributed by atoms with Crippen LogP contribution in [0.1, 0.15) is 39.0 Å². The predicted molar refractivity (Wildman–Crippen MR) is 84.1 cm³/mol. The minimum atomic E-state index is -0.239. The van der Waals surface area contributed by atoms with Crippen LogP contribution in [0.3, 0.4) is 0 Å². The van der Waals surface area contributed by atoms with E-state index in [1.165, 1.54) is 0 Å². The number of hydrogen-bond acceptors (Lipinski definition) is 3. The molecular formula is C19H24O3. The number of ketones is 1. The molecule has 2 saturated carbocycles. The van der Waals surface area contributed by atoms with Crippen LogP contribution in [0.5, 0.6) is 0 Å². The number of carbonyl (C=O) groups is 1. The number of hydrogen-bond donors (Lipinski definition) is 2. The van der Waals surface area contributed by atoms with E-state index >= 15 is 0 Å². The Morgan fingerprint density at radius 3 is 2.86 bits per heavy atom. The molecule has 3 nitrogen and oxygen atoms in total. The molecule has 3 heteroatoms. The Morgan fingerprint density at radius 1 is 1.23 bits per heavy atom. The highest BCUT2D eigenvalue weighted by Crippen LogP contribution is 2.58. The second-order valence-electron chi connectivity index (χ2n) is 7.74. The van der Waals surface area contributed by atoms with Crippen LogP contribution in [0.2, 0.25) is 0 Å². The van der Waals surface area contributed by atoms with Gasteiger partial charge in [0, 0.05) is 11.3 Å². The monoisotopic (exact) mass is 300 g/mol. The van der Waals surface area contributed by atoms with E-state index in [4.69, 9.17) is 0 Å². The maximum absolute atomic E-state index is 11.7. The molecule has 118 valence electrons. The molecule has 22 heavy (non-hydrogen) atoms. The lowest BCUT2D eigenvalue weighted by Crippen LogP contribution is -2.51. The van der Waals surface area contributed by atoms with Crippen LogP contribution in [-0.4, -0.2) is 22.1 Å². The number of aliphatic hydroxyl groups is 2. The summed E-state index contributed by atoms with van der Waals surface area (Å²) in [4.78, 5) is 11.7. The normalized spacial score (nSPS) is 47.0. The summed E-state index contributed by atoms with van der Waals surface area (Å²) in [5.74, 6) is 1.43. The molecular weight excluding hydrogens is 276 g/mol. The van der Waals surface area contributed by atoms with Gasteiger partial charge >= 0.3 is 0 Å². The highest BCUT2D eigenvalue weighted by atomic mass is 16.3. The Labute approximate surface area is 131 Å². The zero-order chi connectivity index (χ0) is 15.5. The molecule has 0 aliphatic heterocycles. The predicted octanol–water partition coefficient (Wildman–Crippen LogP) is 3.32. The van der Waals surface area contributed by atoms with Gasteiger partial charge in [0.1, 0.15) is 0 Å². The lowest BCUT2D eigenvalue weighted by Gasteiger charge is -2.56. The molecule has 0 aromatic carbocycles. The minimum absolute atomic E-state index is 0.00138. The molecule has 2 N–H and O–H groups in total. The first kappa shape index (κ1) is 14.3. The summed E-state index contributed by atoms with van der Waals surface area (Å²) in [6.07, 6.45) is 12.5. The second kappa shape index (κ2) is 4.82. The molecule has 4 aliphatic rings.